The van der Waals surface area contributed by atoms with E-state index in [0.717, 1.165) is 28.0 Å². The van der Waals surface area contributed by atoms with E-state index in [9.17, 15) is 9.90 Å². The van der Waals surface area contributed by atoms with E-state index >= 15 is 0 Å². The second kappa shape index (κ2) is 10.1. The summed E-state index contributed by atoms with van der Waals surface area (Å²) in [4.78, 5) is 15.1. The summed E-state index contributed by atoms with van der Waals surface area (Å²) in [5.41, 5.74) is 5.73. The Labute approximate surface area is 189 Å². The van der Waals surface area contributed by atoms with Gasteiger partial charge in [0, 0.05) is 11.1 Å². The molecule has 4 rings (SSSR count). The molecule has 0 unspecified atom stereocenters. The molecule has 160 valence electrons. The summed E-state index contributed by atoms with van der Waals surface area (Å²) in [5, 5.41) is 10.4. The van der Waals surface area contributed by atoms with Gasteiger partial charge in [-0.2, -0.15) is 0 Å². The fraction of sp³-hybridized carbons (Fsp3) is 0.138. The Morgan fingerprint density at radius 3 is 2.34 bits per heavy atom. The van der Waals surface area contributed by atoms with Gasteiger partial charge in [0.1, 0.15) is 0 Å². The van der Waals surface area contributed by atoms with Crippen LogP contribution in [0.2, 0.25) is 0 Å². The number of anilines is 1. The number of carbonyl (C=O) groups excluding carboxylic acids is 1. The lowest BCUT2D eigenvalue weighted by Crippen LogP contribution is -2.25. The number of para-hydroxylation sites is 1. The first kappa shape index (κ1) is 21.5. The van der Waals surface area contributed by atoms with Gasteiger partial charge in [0.25, 0.3) is 5.91 Å². The smallest absolute Gasteiger partial charge is 0.259 e. The molecule has 3 aromatic carbocycles. The van der Waals surface area contributed by atoms with Crippen LogP contribution in [0, 0.1) is 0 Å². The van der Waals surface area contributed by atoms with Gasteiger partial charge in [-0.1, -0.05) is 103 Å². The van der Waals surface area contributed by atoms with Gasteiger partial charge in [0.2, 0.25) is 0 Å². The van der Waals surface area contributed by atoms with Gasteiger partial charge in [0.15, 0.2) is 0 Å². The van der Waals surface area contributed by atoms with Gasteiger partial charge in [-0.15, -0.1) is 0 Å². The van der Waals surface area contributed by atoms with Crippen LogP contribution in [0.3, 0.4) is 0 Å². The molecule has 0 saturated heterocycles. The van der Waals surface area contributed by atoms with E-state index < -0.39 is 6.10 Å². The molecule has 1 amide bonds. The Morgan fingerprint density at radius 1 is 0.938 bits per heavy atom. The lowest BCUT2D eigenvalue weighted by molar-refractivity contribution is -0.113. The van der Waals surface area contributed by atoms with Crippen LogP contribution in [-0.2, 0) is 11.3 Å². The van der Waals surface area contributed by atoms with Crippen LogP contribution in [0.4, 0.5) is 5.69 Å². The molecule has 0 fully saturated rings. The molecular formula is C29H27NO2. The summed E-state index contributed by atoms with van der Waals surface area (Å²) in [7, 11) is 0. The van der Waals surface area contributed by atoms with Crippen molar-refractivity contribution in [2.75, 3.05) is 4.90 Å². The summed E-state index contributed by atoms with van der Waals surface area (Å²) in [6.45, 7) is 2.52. The molecule has 3 heteroatoms. The van der Waals surface area contributed by atoms with Crippen molar-refractivity contribution in [2.45, 2.75) is 26.0 Å². The Kier molecular flexibility index (Phi) is 6.78. The molecule has 3 nitrogen and oxygen atoms in total. The number of hydrogen-bond donors (Lipinski definition) is 1. The zero-order valence-corrected chi connectivity index (χ0v) is 18.2. The van der Waals surface area contributed by atoms with E-state index in [1.165, 1.54) is 0 Å². The van der Waals surface area contributed by atoms with Crippen molar-refractivity contribution in [1.29, 1.82) is 0 Å². The molecule has 1 N–H and O–H groups in total. The molecule has 3 aromatic rings. The van der Waals surface area contributed by atoms with E-state index in [2.05, 4.69) is 0 Å². The van der Waals surface area contributed by atoms with E-state index in [1.54, 1.807) is 6.08 Å². The monoisotopic (exact) mass is 421 g/mol. The Balaban J connectivity index is 1.49. The van der Waals surface area contributed by atoms with Gasteiger partial charge in [-0.25, -0.2) is 0 Å². The number of carbonyl (C=O) groups is 1. The van der Waals surface area contributed by atoms with Crippen molar-refractivity contribution in [3.63, 3.8) is 0 Å². The minimum absolute atomic E-state index is 0.00336. The quantitative estimate of drug-likeness (QED) is 0.473. The molecule has 0 radical (unpaired) electrons. The molecular weight excluding hydrogens is 394 g/mol. The molecule has 0 spiro atoms. The second-order valence-corrected chi connectivity index (χ2v) is 8.03. The average molecular weight is 422 g/mol. The van der Waals surface area contributed by atoms with Crippen LogP contribution >= 0.6 is 0 Å². The summed E-state index contributed by atoms with van der Waals surface area (Å²) >= 11 is 0. The van der Waals surface area contributed by atoms with Crippen LogP contribution in [0.25, 0.3) is 11.6 Å². The number of allylic oxidation sites excluding steroid dienone is 2. The number of rotatable bonds is 7. The first-order valence-corrected chi connectivity index (χ1v) is 10.9. The lowest BCUT2D eigenvalue weighted by Gasteiger charge is -2.17. The van der Waals surface area contributed by atoms with E-state index in [0.29, 0.717) is 18.5 Å². The third-order valence-electron chi connectivity index (χ3n) is 5.52. The van der Waals surface area contributed by atoms with Crippen molar-refractivity contribution in [3.8, 4) is 0 Å². The molecule has 1 aliphatic heterocycles. The number of aliphatic hydroxyl groups excluding tert-OH is 1. The molecule has 0 bridgehead atoms. The Hall–Kier alpha value is -3.69. The summed E-state index contributed by atoms with van der Waals surface area (Å²) in [6, 6.07) is 27.8. The fourth-order valence-electron chi connectivity index (χ4n) is 3.87. The minimum Gasteiger partial charge on any atom is -0.389 e. The van der Waals surface area contributed by atoms with Crippen molar-refractivity contribution >= 4 is 23.2 Å². The van der Waals surface area contributed by atoms with Crippen LogP contribution in [0.1, 0.15) is 30.0 Å². The highest BCUT2D eigenvalue weighted by atomic mass is 16.3. The number of hydrogen-bond acceptors (Lipinski definition) is 2. The fourth-order valence-corrected chi connectivity index (χ4v) is 3.87. The standard InChI is InChI=1S/C29H27NO2/c1-22(20-25(31)18-17-23-10-4-2-5-11-23)16-19-27-26-14-8-9-15-28(26)30(29(27)32)21-24-12-6-3-7-13-24/h2-19,25,31H,20-21H2,1H3/b18-17+,22-16+,27-19+/t25-/m0/s1. The Bertz CT molecular complexity index is 1160. The highest BCUT2D eigenvalue weighted by molar-refractivity contribution is 6.32. The maximum Gasteiger partial charge on any atom is 0.259 e. The molecule has 1 atom stereocenters. The predicted octanol–water partition coefficient (Wildman–Crippen LogP) is 6.03. The predicted molar refractivity (Wildman–Crippen MR) is 132 cm³/mol. The molecule has 32 heavy (non-hydrogen) atoms. The lowest BCUT2D eigenvalue weighted by atomic mass is 10.0. The summed E-state index contributed by atoms with van der Waals surface area (Å²) < 4.78 is 0. The van der Waals surface area contributed by atoms with E-state index in [1.807, 2.05) is 115 Å². The summed E-state index contributed by atoms with van der Waals surface area (Å²) in [6.07, 6.45) is 7.49. The maximum absolute atomic E-state index is 13.2. The molecule has 0 aliphatic carbocycles. The van der Waals surface area contributed by atoms with Gasteiger partial charge in [-0.3, -0.25) is 4.79 Å². The highest BCUT2D eigenvalue weighted by Gasteiger charge is 2.31. The average Bonchev–Trinajstić information content (AvgIpc) is 3.08. The van der Waals surface area contributed by atoms with Crippen molar-refractivity contribution in [2.24, 2.45) is 0 Å². The maximum atomic E-state index is 13.2. The van der Waals surface area contributed by atoms with Crippen LogP contribution in [0.15, 0.2) is 109 Å². The number of aliphatic hydroxyl groups is 1. The molecule has 1 heterocycles. The van der Waals surface area contributed by atoms with Crippen molar-refractivity contribution in [1.82, 2.24) is 0 Å². The third kappa shape index (κ3) is 5.13. The highest BCUT2D eigenvalue weighted by Crippen LogP contribution is 2.37. The Morgan fingerprint density at radius 2 is 1.59 bits per heavy atom. The van der Waals surface area contributed by atoms with E-state index in [-0.39, 0.29) is 5.91 Å². The minimum atomic E-state index is -0.578. The topological polar surface area (TPSA) is 40.5 Å². The van der Waals surface area contributed by atoms with Crippen LogP contribution in [-0.4, -0.2) is 17.1 Å². The largest absolute Gasteiger partial charge is 0.389 e. The van der Waals surface area contributed by atoms with Crippen molar-refractivity contribution < 1.29 is 9.90 Å². The number of fused-ring (bicyclic) bond motifs is 1. The van der Waals surface area contributed by atoms with Gasteiger partial charge in [-0.05, 0) is 36.6 Å². The van der Waals surface area contributed by atoms with Crippen molar-refractivity contribution in [3.05, 3.63) is 125 Å². The van der Waals surface area contributed by atoms with E-state index in [4.69, 9.17) is 0 Å². The van der Waals surface area contributed by atoms with Gasteiger partial charge >= 0.3 is 0 Å². The number of amides is 1. The van der Waals surface area contributed by atoms with Gasteiger partial charge < -0.3 is 10.0 Å². The number of nitrogens with zero attached hydrogens (tertiary/aromatic N) is 1. The van der Waals surface area contributed by atoms with Crippen LogP contribution in [0.5, 0.6) is 0 Å². The molecule has 0 saturated carbocycles. The third-order valence-corrected chi connectivity index (χ3v) is 5.52. The summed E-state index contributed by atoms with van der Waals surface area (Å²) in [5.74, 6) is 0.00336. The normalized spacial score (nSPS) is 16.1. The van der Waals surface area contributed by atoms with Gasteiger partial charge in [0.05, 0.1) is 18.3 Å². The molecule has 0 aromatic heterocycles. The molecule has 1 aliphatic rings. The number of benzene rings is 3. The SMILES string of the molecule is C/C(=C\C=C1\C(=O)N(Cc2ccccc2)c2ccccc21)C[C@@H](O)/C=C/c1ccccc1. The first-order valence-electron chi connectivity index (χ1n) is 10.9. The zero-order valence-electron chi connectivity index (χ0n) is 18.2. The second-order valence-electron chi connectivity index (χ2n) is 8.03. The van der Waals surface area contributed by atoms with Crippen LogP contribution < -0.4 is 4.90 Å². The first-order chi connectivity index (χ1) is 15.6. The zero-order chi connectivity index (χ0) is 22.3.